The van der Waals surface area contributed by atoms with Crippen LogP contribution in [0.3, 0.4) is 0 Å². The first-order valence-corrected chi connectivity index (χ1v) is 31.0. The van der Waals surface area contributed by atoms with Crippen LogP contribution < -0.4 is 24.6 Å². The van der Waals surface area contributed by atoms with Gasteiger partial charge in [-0.15, -0.1) is 0 Å². The number of carbonyl (C=O) groups excluding carboxylic acids is 4. The third kappa shape index (κ3) is 10.9. The molecule has 87 heavy (non-hydrogen) atoms. The first-order valence-electron chi connectivity index (χ1n) is 31.0. The van der Waals surface area contributed by atoms with Crippen molar-refractivity contribution in [2.24, 2.45) is 7.05 Å². The molecule has 456 valence electrons. The number of carbonyl (C=O) groups is 4. The number of benzene rings is 4. The summed E-state index contributed by atoms with van der Waals surface area (Å²) in [5.41, 5.74) is 6.77. The van der Waals surface area contributed by atoms with Crippen LogP contribution in [0.5, 0.6) is 11.8 Å². The maximum atomic E-state index is 16.9. The number of anilines is 2. The number of urea groups is 1. The van der Waals surface area contributed by atoms with Gasteiger partial charge >= 0.3 is 18.1 Å². The molecule has 7 aliphatic rings. The van der Waals surface area contributed by atoms with Crippen molar-refractivity contribution in [3.8, 4) is 22.9 Å². The Labute approximate surface area is 503 Å². The number of imide groups is 1. The molecule has 7 fully saturated rings. The van der Waals surface area contributed by atoms with Crippen LogP contribution in [0.15, 0.2) is 60.8 Å². The first-order chi connectivity index (χ1) is 42.0. The van der Waals surface area contributed by atoms with Crippen LogP contribution in [0, 0.1) is 12.7 Å². The molecule has 1 unspecified atom stereocenters. The van der Waals surface area contributed by atoms with E-state index in [1.807, 2.05) is 85.8 Å². The zero-order valence-electron chi connectivity index (χ0n) is 50.4. The Morgan fingerprint density at radius 3 is 2.34 bits per heavy atom. The maximum Gasteiger partial charge on any atom is 0.410 e. The third-order valence-corrected chi connectivity index (χ3v) is 18.5. The fourth-order valence-corrected chi connectivity index (χ4v) is 13.9. The topological polar surface area (TPSA) is 204 Å². The predicted octanol–water partition coefficient (Wildman–Crippen LogP) is 9.68. The SMILES string of the molecule is Cc1c(F)cc2c(cnn2C2CCCCO2)c1-c1c(C2CC2)cc2c(N3C[C@@H]4C[C@H]3CN4C(=O)OC(C)(C)C)nc(OC3CCOCC3)nc2c1OCc1ccc(C(=O)N2CCN(Cc3ccc4c(c3)c(N3CCC(=O)NC3=O)nn4C)C[C@@H]2C)cc1. The number of piperazine rings is 2. The van der Waals surface area contributed by atoms with Crippen molar-refractivity contribution in [1.29, 1.82) is 0 Å². The van der Waals surface area contributed by atoms with Gasteiger partial charge in [-0.05, 0) is 132 Å². The molecule has 4 atom stereocenters. The zero-order chi connectivity index (χ0) is 60.0. The number of hydrogen-bond donors (Lipinski definition) is 1. The first kappa shape index (κ1) is 56.8. The van der Waals surface area contributed by atoms with Crippen LogP contribution in [0.4, 0.5) is 25.6 Å². The molecule has 9 heterocycles. The highest BCUT2D eigenvalue weighted by molar-refractivity contribution is 6.09. The highest BCUT2D eigenvalue weighted by Gasteiger charge is 2.48. The molecule has 21 nitrogen and oxygen atoms in total. The predicted molar refractivity (Wildman–Crippen MR) is 323 cm³/mol. The number of fused-ring (bicyclic) bond motifs is 5. The van der Waals surface area contributed by atoms with Crippen molar-refractivity contribution < 1.29 is 47.3 Å². The minimum atomic E-state index is -0.634. The molecule has 0 spiro atoms. The number of aryl methyl sites for hydroxylation is 1. The van der Waals surface area contributed by atoms with E-state index in [0.29, 0.717) is 117 Å². The van der Waals surface area contributed by atoms with E-state index in [1.54, 1.807) is 10.7 Å². The van der Waals surface area contributed by atoms with Gasteiger partial charge in [0.1, 0.15) is 35.5 Å². The van der Waals surface area contributed by atoms with E-state index in [9.17, 15) is 19.2 Å². The third-order valence-electron chi connectivity index (χ3n) is 18.5. The summed E-state index contributed by atoms with van der Waals surface area (Å²) in [6, 6.07) is 17.0. The highest BCUT2D eigenvalue weighted by atomic mass is 19.1. The van der Waals surface area contributed by atoms with Crippen LogP contribution in [-0.4, -0.2) is 157 Å². The smallest absolute Gasteiger partial charge is 0.410 e. The minimum Gasteiger partial charge on any atom is -0.486 e. The number of ether oxygens (including phenoxy) is 5. The van der Waals surface area contributed by atoms with Gasteiger partial charge in [0.05, 0.1) is 42.5 Å². The summed E-state index contributed by atoms with van der Waals surface area (Å²) in [6.45, 7) is 15.1. The van der Waals surface area contributed by atoms with Crippen molar-refractivity contribution in [2.75, 3.05) is 68.9 Å². The van der Waals surface area contributed by atoms with E-state index in [-0.39, 0.29) is 85.7 Å². The van der Waals surface area contributed by atoms with Crippen molar-refractivity contribution in [2.45, 2.75) is 148 Å². The lowest BCUT2D eigenvalue weighted by atomic mass is 9.88. The molecule has 1 saturated carbocycles. The number of nitrogens with zero attached hydrogens (tertiary/aromatic N) is 11. The van der Waals surface area contributed by atoms with Crippen LogP contribution in [0.2, 0.25) is 0 Å². The number of halogens is 1. The number of amides is 5. The van der Waals surface area contributed by atoms with E-state index in [2.05, 4.69) is 45.3 Å². The second-order valence-electron chi connectivity index (χ2n) is 25.8. The summed E-state index contributed by atoms with van der Waals surface area (Å²) in [6.07, 6.45) is 7.90. The molecular weight excluding hydrogens is 1110 g/mol. The summed E-state index contributed by atoms with van der Waals surface area (Å²) in [5.74, 6) is 1.12. The van der Waals surface area contributed by atoms with E-state index in [0.717, 1.165) is 82.5 Å². The largest absolute Gasteiger partial charge is 0.486 e. The van der Waals surface area contributed by atoms with Gasteiger partial charge in [-0.25, -0.2) is 18.7 Å². The summed E-state index contributed by atoms with van der Waals surface area (Å²) >= 11 is 0. The summed E-state index contributed by atoms with van der Waals surface area (Å²) in [4.78, 5) is 73.3. The Morgan fingerprint density at radius 1 is 0.816 bits per heavy atom. The molecule has 6 saturated heterocycles. The maximum absolute atomic E-state index is 16.9. The average Bonchev–Trinajstić information content (AvgIpc) is 1.73. The molecule has 7 aromatic rings. The lowest BCUT2D eigenvalue weighted by molar-refractivity contribution is -0.120. The van der Waals surface area contributed by atoms with E-state index < -0.39 is 11.6 Å². The van der Waals surface area contributed by atoms with Gasteiger partial charge in [0.2, 0.25) is 5.91 Å². The van der Waals surface area contributed by atoms with Gasteiger partial charge in [-0.2, -0.15) is 20.2 Å². The fourth-order valence-electron chi connectivity index (χ4n) is 13.9. The molecule has 1 aliphatic carbocycles. The second kappa shape index (κ2) is 22.6. The standard InChI is InChI=1S/C65H75FN12O9/c1-37-32-73(33-40-12-17-51-47(27-40)60(71-72(51)6)75-21-18-53(79)68-63(75)81)22-23-74(37)61(80)42-13-10-39(11-14-42)36-85-58-56(55-38(2)50(66)30-52-49(55)31-67-78(52)54-9-7-8-24-84-54)46(41-15-16-41)29-48-57(58)69-62(86-45-19-25-83-26-20-45)70-59(48)76-34-44-28-43(76)35-77(44)64(82)87-65(3,4)5/h10-14,17,27,29-31,37,41,43-45,54H,7-9,15-16,18-26,28,32-36H2,1-6H3,(H,68,79,81)/t37-,43-,44-,54?/m0/s1. The molecule has 22 heteroatoms. The van der Waals surface area contributed by atoms with Crippen LogP contribution in [-0.2, 0) is 39.2 Å². The molecular formula is C65H75FN12O9. The van der Waals surface area contributed by atoms with Crippen LogP contribution in [0.25, 0.3) is 43.8 Å². The molecule has 6 aliphatic heterocycles. The number of nitrogens with one attached hydrogen (secondary N) is 1. The summed E-state index contributed by atoms with van der Waals surface area (Å²) in [5, 5.41) is 14.4. The van der Waals surface area contributed by atoms with Crippen molar-refractivity contribution >= 4 is 68.3 Å². The number of hydrogen-bond acceptors (Lipinski definition) is 15. The minimum absolute atomic E-state index is 0.0493. The Morgan fingerprint density at radius 2 is 1.62 bits per heavy atom. The van der Waals surface area contributed by atoms with Crippen molar-refractivity contribution in [1.82, 2.24) is 49.5 Å². The molecule has 2 bridgehead atoms. The highest BCUT2D eigenvalue weighted by Crippen LogP contribution is 2.54. The van der Waals surface area contributed by atoms with Gasteiger partial charge < -0.3 is 38.4 Å². The molecule has 3 aromatic heterocycles. The summed E-state index contributed by atoms with van der Waals surface area (Å²) < 4.78 is 52.4. The zero-order valence-corrected chi connectivity index (χ0v) is 50.4. The Hall–Kier alpha value is -7.95. The van der Waals surface area contributed by atoms with E-state index in [1.165, 1.54) is 4.90 Å². The van der Waals surface area contributed by atoms with Gasteiger partial charge in [0.15, 0.2) is 17.8 Å². The molecule has 4 aromatic carbocycles. The van der Waals surface area contributed by atoms with Gasteiger partial charge in [-0.3, -0.25) is 29.4 Å². The van der Waals surface area contributed by atoms with Crippen LogP contribution >= 0.6 is 0 Å². The van der Waals surface area contributed by atoms with Gasteiger partial charge in [0, 0.05) is 124 Å². The normalized spacial score (nSPS) is 22.3. The monoisotopic (exact) mass is 1190 g/mol. The summed E-state index contributed by atoms with van der Waals surface area (Å²) in [7, 11) is 1.84. The van der Waals surface area contributed by atoms with Crippen molar-refractivity contribution in [3.63, 3.8) is 0 Å². The van der Waals surface area contributed by atoms with E-state index in [4.69, 9.17) is 38.8 Å². The lowest BCUT2D eigenvalue weighted by Gasteiger charge is -2.40. The molecule has 1 N–H and O–H groups in total. The Balaban J connectivity index is 0.782. The Kier molecular flexibility index (Phi) is 14.8. The van der Waals surface area contributed by atoms with Gasteiger partial charge in [-0.1, -0.05) is 18.2 Å². The molecule has 5 amide bonds. The van der Waals surface area contributed by atoms with E-state index >= 15 is 4.39 Å². The molecule has 0 radical (unpaired) electrons. The second-order valence-corrected chi connectivity index (χ2v) is 25.8. The van der Waals surface area contributed by atoms with Crippen LogP contribution in [0.1, 0.15) is 130 Å². The number of aromatic nitrogens is 6. The Bertz CT molecular complexity index is 3870. The quantitative estimate of drug-likeness (QED) is 0.114. The number of likely N-dealkylation sites (tertiary alicyclic amines) is 1. The van der Waals surface area contributed by atoms with Gasteiger partial charge in [0.25, 0.3) is 5.91 Å². The average molecular weight is 1190 g/mol. The molecule has 14 rings (SSSR count). The fraction of sp³-hybridized carbons (Fsp3) is 0.508. The van der Waals surface area contributed by atoms with Crippen molar-refractivity contribution in [3.05, 3.63) is 94.4 Å². The lowest BCUT2D eigenvalue weighted by Crippen LogP contribution is -2.53. The number of rotatable bonds is 13.